The van der Waals surface area contributed by atoms with Gasteiger partial charge in [-0.3, -0.25) is 0 Å². The Bertz CT molecular complexity index is 973. The number of benzene rings is 2. The minimum atomic E-state index is -1.14. The summed E-state index contributed by atoms with van der Waals surface area (Å²) in [4.78, 5) is 25.5. The molecule has 2 aromatic carbocycles. The molecule has 3 aliphatic rings. The Hall–Kier alpha value is -2.90. The van der Waals surface area contributed by atoms with Crippen molar-refractivity contribution in [3.8, 4) is 11.1 Å². The molecule has 0 atom stereocenters. The maximum absolute atomic E-state index is 12.8. The van der Waals surface area contributed by atoms with E-state index in [4.69, 9.17) is 18.9 Å². The molecule has 1 N–H and O–H groups in total. The molecule has 1 spiro atoms. The van der Waals surface area contributed by atoms with Gasteiger partial charge < -0.3 is 24.3 Å². The minimum absolute atomic E-state index is 0.0443. The summed E-state index contributed by atoms with van der Waals surface area (Å²) in [5.41, 5.74) is 3.46. The molecular weight excluding hydrogens is 410 g/mol. The van der Waals surface area contributed by atoms with Gasteiger partial charge in [0, 0.05) is 18.8 Å². The van der Waals surface area contributed by atoms with Crippen LogP contribution in [0.25, 0.3) is 11.1 Å². The van der Waals surface area contributed by atoms with Gasteiger partial charge in [-0.05, 0) is 35.1 Å². The van der Waals surface area contributed by atoms with Crippen molar-refractivity contribution in [3.63, 3.8) is 0 Å². The quantitative estimate of drug-likeness (QED) is 0.734. The molecule has 0 aromatic heterocycles. The van der Waals surface area contributed by atoms with Crippen molar-refractivity contribution in [3.05, 3.63) is 59.7 Å². The van der Waals surface area contributed by atoms with Gasteiger partial charge in [0.15, 0.2) is 5.79 Å². The summed E-state index contributed by atoms with van der Waals surface area (Å²) in [5.74, 6) is -1.17. The lowest BCUT2D eigenvalue weighted by Crippen LogP contribution is -2.59. The van der Waals surface area contributed by atoms with Crippen LogP contribution in [-0.4, -0.2) is 50.3 Å². The molecule has 1 aliphatic heterocycles. The molecule has 2 fully saturated rings. The van der Waals surface area contributed by atoms with Crippen LogP contribution in [0.4, 0.5) is 4.79 Å². The lowest BCUT2D eigenvalue weighted by Gasteiger charge is -2.41. The third-order valence-electron chi connectivity index (χ3n) is 6.94. The van der Waals surface area contributed by atoms with Gasteiger partial charge in [-0.25, -0.2) is 9.59 Å². The monoisotopic (exact) mass is 437 g/mol. The molecule has 2 aromatic rings. The number of ether oxygens (including phenoxy) is 4. The lowest BCUT2D eigenvalue weighted by molar-refractivity contribution is -0.191. The average molecular weight is 437 g/mol. The minimum Gasteiger partial charge on any atom is -0.467 e. The molecule has 168 valence electrons. The largest absolute Gasteiger partial charge is 0.467 e. The number of methoxy groups -OCH3 is 1. The molecule has 5 rings (SSSR count). The fourth-order valence-corrected chi connectivity index (χ4v) is 5.25. The Morgan fingerprint density at radius 3 is 2.06 bits per heavy atom. The van der Waals surface area contributed by atoms with E-state index >= 15 is 0 Å². The summed E-state index contributed by atoms with van der Waals surface area (Å²) in [6.45, 7) is 1.28. The van der Waals surface area contributed by atoms with Crippen molar-refractivity contribution in [2.45, 2.75) is 42.9 Å². The highest BCUT2D eigenvalue weighted by Gasteiger charge is 2.51. The number of hydrogen-bond donors (Lipinski definition) is 1. The maximum atomic E-state index is 12.8. The first-order valence-electron chi connectivity index (χ1n) is 11.1. The number of carbonyl (C=O) groups is 2. The first-order valence-corrected chi connectivity index (χ1v) is 11.1. The molecule has 1 saturated heterocycles. The maximum Gasteiger partial charge on any atom is 0.408 e. The summed E-state index contributed by atoms with van der Waals surface area (Å²) >= 11 is 0. The molecule has 1 heterocycles. The highest BCUT2D eigenvalue weighted by atomic mass is 16.7. The van der Waals surface area contributed by atoms with Crippen LogP contribution >= 0.6 is 0 Å². The average Bonchev–Trinajstić information content (AvgIpc) is 3.42. The zero-order valence-electron chi connectivity index (χ0n) is 18.1. The molecular formula is C25H27NO6. The second kappa shape index (κ2) is 8.22. The number of nitrogens with one attached hydrogen (secondary N) is 1. The number of fused-ring (bicyclic) bond motifs is 3. The van der Waals surface area contributed by atoms with Gasteiger partial charge in [-0.1, -0.05) is 48.5 Å². The van der Waals surface area contributed by atoms with E-state index in [1.165, 1.54) is 7.11 Å². The van der Waals surface area contributed by atoms with E-state index in [0.29, 0.717) is 38.9 Å². The lowest BCUT2D eigenvalue weighted by atomic mass is 9.78. The Balaban J connectivity index is 1.28. The Morgan fingerprint density at radius 1 is 0.938 bits per heavy atom. The van der Waals surface area contributed by atoms with Crippen LogP contribution in [0, 0.1) is 0 Å². The first kappa shape index (κ1) is 21.0. The topological polar surface area (TPSA) is 83.1 Å². The molecule has 1 saturated carbocycles. The van der Waals surface area contributed by atoms with E-state index in [1.54, 1.807) is 0 Å². The number of esters is 1. The highest BCUT2D eigenvalue weighted by Crippen LogP contribution is 2.45. The Kier molecular flexibility index (Phi) is 5.39. The van der Waals surface area contributed by atoms with Gasteiger partial charge in [0.2, 0.25) is 0 Å². The van der Waals surface area contributed by atoms with Crippen molar-refractivity contribution >= 4 is 12.1 Å². The van der Waals surface area contributed by atoms with Gasteiger partial charge in [0.25, 0.3) is 0 Å². The van der Waals surface area contributed by atoms with Crippen molar-refractivity contribution in [1.29, 1.82) is 0 Å². The van der Waals surface area contributed by atoms with E-state index in [2.05, 4.69) is 29.6 Å². The number of hydrogen-bond acceptors (Lipinski definition) is 6. The van der Waals surface area contributed by atoms with Crippen molar-refractivity contribution in [2.24, 2.45) is 0 Å². The highest BCUT2D eigenvalue weighted by molar-refractivity contribution is 5.86. The molecule has 0 unspecified atom stereocenters. The summed E-state index contributed by atoms with van der Waals surface area (Å²) in [6, 6.07) is 16.3. The van der Waals surface area contributed by atoms with Gasteiger partial charge in [0.1, 0.15) is 12.1 Å². The van der Waals surface area contributed by atoms with E-state index in [1.807, 2.05) is 24.3 Å². The molecule has 0 radical (unpaired) electrons. The molecule has 32 heavy (non-hydrogen) atoms. The summed E-state index contributed by atoms with van der Waals surface area (Å²) in [7, 11) is 1.33. The number of amides is 1. The predicted molar refractivity (Wildman–Crippen MR) is 116 cm³/mol. The smallest absolute Gasteiger partial charge is 0.408 e. The third-order valence-corrected chi connectivity index (χ3v) is 6.94. The van der Waals surface area contributed by atoms with Gasteiger partial charge in [0.05, 0.1) is 20.3 Å². The van der Waals surface area contributed by atoms with Crippen LogP contribution in [-0.2, 0) is 23.7 Å². The second-order valence-corrected chi connectivity index (χ2v) is 8.63. The summed E-state index contributed by atoms with van der Waals surface area (Å²) in [6.07, 6.45) is 1.12. The zero-order chi connectivity index (χ0) is 22.2. The van der Waals surface area contributed by atoms with Crippen LogP contribution in [0.2, 0.25) is 0 Å². The fourth-order valence-electron chi connectivity index (χ4n) is 5.25. The number of carbonyl (C=O) groups excluding carboxylic acids is 2. The normalized spacial score (nSPS) is 20.4. The third kappa shape index (κ3) is 3.55. The van der Waals surface area contributed by atoms with E-state index in [0.717, 1.165) is 22.3 Å². The SMILES string of the molecule is COC(=O)C1(NC(=O)OCC2c3ccccc3-c3ccccc32)CCC2(CC1)OCCO2. The van der Waals surface area contributed by atoms with Gasteiger partial charge in [-0.15, -0.1) is 0 Å². The molecule has 7 heteroatoms. The van der Waals surface area contributed by atoms with Crippen molar-refractivity contribution < 1.29 is 28.5 Å². The van der Waals surface area contributed by atoms with Crippen LogP contribution in [0.3, 0.4) is 0 Å². The van der Waals surface area contributed by atoms with Crippen LogP contribution in [0.1, 0.15) is 42.7 Å². The van der Waals surface area contributed by atoms with Gasteiger partial charge >= 0.3 is 12.1 Å². The molecule has 7 nitrogen and oxygen atoms in total. The van der Waals surface area contributed by atoms with E-state index < -0.39 is 23.4 Å². The first-order chi connectivity index (χ1) is 15.6. The summed E-state index contributed by atoms with van der Waals surface area (Å²) < 4.78 is 22.2. The van der Waals surface area contributed by atoms with Crippen LogP contribution in [0.5, 0.6) is 0 Å². The standard InChI is InChI=1S/C25H27NO6/c1-29-22(27)24(10-12-25(13-11-24)31-14-15-32-25)26-23(28)30-16-21-19-8-4-2-6-17(19)18-7-3-5-9-20(18)21/h2-9,21H,10-16H2,1H3,(H,26,28). The van der Waals surface area contributed by atoms with Crippen LogP contribution < -0.4 is 5.32 Å². The van der Waals surface area contributed by atoms with Gasteiger partial charge in [-0.2, -0.15) is 0 Å². The summed E-state index contributed by atoms with van der Waals surface area (Å²) in [5, 5.41) is 2.81. The van der Waals surface area contributed by atoms with Crippen molar-refractivity contribution in [2.75, 3.05) is 26.9 Å². The number of rotatable bonds is 4. The molecule has 0 bridgehead atoms. The van der Waals surface area contributed by atoms with Crippen LogP contribution in [0.15, 0.2) is 48.5 Å². The molecule has 2 aliphatic carbocycles. The zero-order valence-corrected chi connectivity index (χ0v) is 18.1. The fraction of sp³-hybridized carbons (Fsp3) is 0.440. The van der Waals surface area contributed by atoms with E-state index in [-0.39, 0.29) is 12.5 Å². The van der Waals surface area contributed by atoms with Crippen molar-refractivity contribution in [1.82, 2.24) is 5.32 Å². The Morgan fingerprint density at radius 2 is 1.50 bits per heavy atom. The van der Waals surface area contributed by atoms with E-state index in [9.17, 15) is 9.59 Å². The second-order valence-electron chi connectivity index (χ2n) is 8.63. The number of alkyl carbamates (subject to hydrolysis) is 1. The Labute approximate surface area is 187 Å². The predicted octanol–water partition coefficient (Wildman–Crippen LogP) is 3.75. The molecule has 1 amide bonds.